The molecule has 154 valence electrons. The number of halogens is 1. The third-order valence-corrected chi connectivity index (χ3v) is 7.48. The van der Waals surface area contributed by atoms with Crippen LogP contribution in [0, 0.1) is 11.7 Å². The molecule has 3 rings (SSSR count). The molecule has 0 unspecified atom stereocenters. The van der Waals surface area contributed by atoms with E-state index in [2.05, 4.69) is 5.32 Å². The first-order valence-corrected chi connectivity index (χ1v) is 11.0. The number of likely N-dealkylation sites (tertiary alicyclic amines) is 1. The number of rotatable bonds is 4. The number of amides is 2. The van der Waals surface area contributed by atoms with Crippen LogP contribution in [0.3, 0.4) is 0 Å². The topological polar surface area (TPSA) is 86.8 Å². The van der Waals surface area contributed by atoms with Crippen LogP contribution in [0.1, 0.15) is 32.6 Å². The average molecular weight is 411 g/mol. The second kappa shape index (κ2) is 8.57. The summed E-state index contributed by atoms with van der Waals surface area (Å²) in [5.41, 5.74) is 0. The predicted molar refractivity (Wildman–Crippen MR) is 101 cm³/mol. The number of carbonyl (C=O) groups is 2. The molecule has 0 saturated carbocycles. The van der Waals surface area contributed by atoms with Gasteiger partial charge in [-0.05, 0) is 49.9 Å². The van der Waals surface area contributed by atoms with Crippen LogP contribution in [0.15, 0.2) is 29.2 Å². The monoisotopic (exact) mass is 411 g/mol. The fraction of sp³-hybridized carbons (Fsp3) is 0.579. The highest BCUT2D eigenvalue weighted by Crippen LogP contribution is 2.24. The molecule has 2 aliphatic heterocycles. The molecular weight excluding hydrogens is 385 g/mol. The lowest BCUT2D eigenvalue weighted by Gasteiger charge is -2.34. The molecule has 1 aromatic rings. The fourth-order valence-corrected chi connectivity index (χ4v) is 5.24. The van der Waals surface area contributed by atoms with Crippen molar-refractivity contribution in [2.75, 3.05) is 26.2 Å². The van der Waals surface area contributed by atoms with Gasteiger partial charge in [0.05, 0.1) is 4.90 Å². The molecular formula is C19H26FN3O4S. The maximum atomic E-state index is 13.0. The Morgan fingerprint density at radius 3 is 2.11 bits per heavy atom. The minimum atomic E-state index is -3.67. The number of nitrogens with one attached hydrogen (secondary N) is 1. The van der Waals surface area contributed by atoms with Gasteiger partial charge in [-0.2, -0.15) is 4.31 Å². The molecule has 28 heavy (non-hydrogen) atoms. The summed E-state index contributed by atoms with van der Waals surface area (Å²) in [5, 5.41) is 3.05. The smallest absolute Gasteiger partial charge is 0.243 e. The number of hydrogen-bond acceptors (Lipinski definition) is 4. The van der Waals surface area contributed by atoms with Crippen molar-refractivity contribution in [3.8, 4) is 0 Å². The molecule has 0 spiro atoms. The average Bonchev–Trinajstić information content (AvgIpc) is 2.69. The van der Waals surface area contributed by atoms with Gasteiger partial charge in [0.15, 0.2) is 0 Å². The Morgan fingerprint density at radius 1 is 1.00 bits per heavy atom. The van der Waals surface area contributed by atoms with Crippen molar-refractivity contribution in [2.45, 2.75) is 43.5 Å². The Bertz CT molecular complexity index is 812. The highest BCUT2D eigenvalue weighted by molar-refractivity contribution is 7.89. The van der Waals surface area contributed by atoms with E-state index in [1.807, 2.05) is 0 Å². The van der Waals surface area contributed by atoms with Gasteiger partial charge in [-0.1, -0.05) is 0 Å². The first-order chi connectivity index (χ1) is 13.3. The SMILES string of the molecule is CC(=O)N1CCC(NC(=O)C2CCN(S(=O)(=O)c3ccc(F)cc3)CC2)CC1. The van der Waals surface area contributed by atoms with E-state index in [-0.39, 0.29) is 41.8 Å². The second-order valence-corrected chi connectivity index (χ2v) is 9.36. The summed E-state index contributed by atoms with van der Waals surface area (Å²) >= 11 is 0. The highest BCUT2D eigenvalue weighted by atomic mass is 32.2. The van der Waals surface area contributed by atoms with Crippen LogP contribution in [-0.4, -0.2) is 61.7 Å². The molecule has 2 amide bonds. The predicted octanol–water partition coefficient (Wildman–Crippen LogP) is 1.35. The van der Waals surface area contributed by atoms with Gasteiger partial charge < -0.3 is 10.2 Å². The molecule has 7 nitrogen and oxygen atoms in total. The lowest BCUT2D eigenvalue weighted by molar-refractivity contribution is -0.130. The Kier molecular flexibility index (Phi) is 6.34. The molecule has 2 fully saturated rings. The van der Waals surface area contributed by atoms with E-state index in [0.717, 1.165) is 25.0 Å². The standard InChI is InChI=1S/C19H26FN3O4S/c1-14(24)22-10-8-17(9-11-22)21-19(25)15-6-12-23(13-7-15)28(26,27)18-4-2-16(20)3-5-18/h2-5,15,17H,6-13H2,1H3,(H,21,25). The van der Waals surface area contributed by atoms with Gasteiger partial charge in [-0.3, -0.25) is 9.59 Å². The van der Waals surface area contributed by atoms with Crippen molar-refractivity contribution in [3.05, 3.63) is 30.1 Å². The Labute approximate surface area is 164 Å². The molecule has 2 aliphatic rings. The van der Waals surface area contributed by atoms with Crippen molar-refractivity contribution in [1.29, 1.82) is 0 Å². The molecule has 0 aliphatic carbocycles. The van der Waals surface area contributed by atoms with Crippen LogP contribution < -0.4 is 5.32 Å². The van der Waals surface area contributed by atoms with E-state index in [1.54, 1.807) is 11.8 Å². The second-order valence-electron chi connectivity index (χ2n) is 7.42. The van der Waals surface area contributed by atoms with Crippen LogP contribution in [0.2, 0.25) is 0 Å². The van der Waals surface area contributed by atoms with Gasteiger partial charge in [0.25, 0.3) is 0 Å². The van der Waals surface area contributed by atoms with Gasteiger partial charge in [-0.15, -0.1) is 0 Å². The fourth-order valence-electron chi connectivity index (χ4n) is 3.77. The molecule has 0 atom stereocenters. The highest BCUT2D eigenvalue weighted by Gasteiger charge is 2.33. The Hall–Kier alpha value is -2.00. The summed E-state index contributed by atoms with van der Waals surface area (Å²) in [6, 6.07) is 4.84. The van der Waals surface area contributed by atoms with Crippen LogP contribution in [0.25, 0.3) is 0 Å². The van der Waals surface area contributed by atoms with E-state index in [9.17, 15) is 22.4 Å². The number of piperidine rings is 2. The summed E-state index contributed by atoms with van der Waals surface area (Å²) in [7, 11) is -3.67. The van der Waals surface area contributed by atoms with E-state index < -0.39 is 15.8 Å². The summed E-state index contributed by atoms with van der Waals surface area (Å²) in [6.45, 7) is 3.37. The first-order valence-electron chi connectivity index (χ1n) is 9.59. The largest absolute Gasteiger partial charge is 0.353 e. The number of hydrogen-bond donors (Lipinski definition) is 1. The number of nitrogens with zero attached hydrogens (tertiary/aromatic N) is 2. The molecule has 2 heterocycles. The lowest BCUT2D eigenvalue weighted by atomic mass is 9.96. The first kappa shape index (κ1) is 20.7. The van der Waals surface area contributed by atoms with Gasteiger partial charge in [0, 0.05) is 45.1 Å². The van der Waals surface area contributed by atoms with Crippen LogP contribution >= 0.6 is 0 Å². The quantitative estimate of drug-likeness (QED) is 0.810. The third-order valence-electron chi connectivity index (χ3n) is 5.56. The zero-order chi connectivity index (χ0) is 20.3. The number of sulfonamides is 1. The Morgan fingerprint density at radius 2 is 1.57 bits per heavy atom. The maximum absolute atomic E-state index is 13.0. The number of carbonyl (C=O) groups excluding carboxylic acids is 2. The Balaban J connectivity index is 1.50. The summed E-state index contributed by atoms with van der Waals surface area (Å²) in [4.78, 5) is 25.8. The van der Waals surface area contributed by atoms with E-state index >= 15 is 0 Å². The van der Waals surface area contributed by atoms with Crippen molar-refractivity contribution in [3.63, 3.8) is 0 Å². The molecule has 0 radical (unpaired) electrons. The van der Waals surface area contributed by atoms with Gasteiger partial charge in [0.2, 0.25) is 21.8 Å². The van der Waals surface area contributed by atoms with Crippen LogP contribution in [-0.2, 0) is 19.6 Å². The van der Waals surface area contributed by atoms with Crippen LogP contribution in [0.5, 0.6) is 0 Å². The van der Waals surface area contributed by atoms with Crippen molar-refractivity contribution >= 4 is 21.8 Å². The summed E-state index contributed by atoms with van der Waals surface area (Å²) < 4.78 is 39.7. The molecule has 1 aromatic carbocycles. The van der Waals surface area contributed by atoms with Gasteiger partial charge >= 0.3 is 0 Å². The zero-order valence-corrected chi connectivity index (χ0v) is 16.8. The van der Waals surface area contributed by atoms with E-state index in [1.165, 1.54) is 16.4 Å². The normalized spacial score (nSPS) is 20.1. The summed E-state index contributed by atoms with van der Waals surface area (Å²) in [5.74, 6) is -0.686. The van der Waals surface area contributed by atoms with Crippen molar-refractivity contribution in [2.24, 2.45) is 5.92 Å². The van der Waals surface area contributed by atoms with Crippen LogP contribution in [0.4, 0.5) is 4.39 Å². The molecule has 2 saturated heterocycles. The molecule has 0 bridgehead atoms. The van der Waals surface area contributed by atoms with E-state index in [0.29, 0.717) is 25.9 Å². The zero-order valence-electron chi connectivity index (χ0n) is 15.9. The third kappa shape index (κ3) is 4.70. The molecule has 9 heteroatoms. The maximum Gasteiger partial charge on any atom is 0.243 e. The summed E-state index contributed by atoms with van der Waals surface area (Å²) in [6.07, 6.45) is 2.39. The van der Waals surface area contributed by atoms with Gasteiger partial charge in [-0.25, -0.2) is 12.8 Å². The number of benzene rings is 1. The van der Waals surface area contributed by atoms with Gasteiger partial charge in [0.1, 0.15) is 5.82 Å². The van der Waals surface area contributed by atoms with Crippen molar-refractivity contribution < 1.29 is 22.4 Å². The molecule has 0 aromatic heterocycles. The lowest BCUT2D eigenvalue weighted by Crippen LogP contribution is -2.49. The minimum absolute atomic E-state index is 0.0416. The van der Waals surface area contributed by atoms with E-state index in [4.69, 9.17) is 0 Å². The molecule has 1 N–H and O–H groups in total. The van der Waals surface area contributed by atoms with Crippen molar-refractivity contribution in [1.82, 2.24) is 14.5 Å². The minimum Gasteiger partial charge on any atom is -0.353 e.